The quantitative estimate of drug-likeness (QED) is 0.512. The average molecular weight is 138 g/mol. The molecular weight excluding hydrogens is 120 g/mol. The maximum atomic E-state index is 2.45. The largest absolute Gasteiger partial charge is 0.0853 e. The zero-order valence-corrected chi connectivity index (χ0v) is 7.19. The van der Waals surface area contributed by atoms with Crippen LogP contribution >= 0.6 is 0 Å². The number of hydrogen-bond donors (Lipinski definition) is 0. The van der Waals surface area contributed by atoms with Gasteiger partial charge in [0.15, 0.2) is 0 Å². The van der Waals surface area contributed by atoms with Crippen LogP contribution in [0.5, 0.6) is 0 Å². The van der Waals surface area contributed by atoms with Crippen molar-refractivity contribution in [2.24, 2.45) is 5.92 Å². The Morgan fingerprint density at radius 1 is 1.60 bits per heavy atom. The van der Waals surface area contributed by atoms with Crippen LogP contribution in [-0.4, -0.2) is 0 Å². The molecule has 0 heteroatoms. The Kier molecular flexibility index (Phi) is 2.98. The van der Waals surface area contributed by atoms with Crippen LogP contribution in [0.15, 0.2) is 11.6 Å². The van der Waals surface area contributed by atoms with Crippen molar-refractivity contribution in [1.82, 2.24) is 0 Å². The van der Waals surface area contributed by atoms with Gasteiger partial charge < -0.3 is 0 Å². The third kappa shape index (κ3) is 2.17. The van der Waals surface area contributed by atoms with Crippen LogP contribution in [0.1, 0.15) is 46.0 Å². The van der Waals surface area contributed by atoms with Gasteiger partial charge in [0.05, 0.1) is 0 Å². The molecule has 1 aliphatic rings. The van der Waals surface area contributed by atoms with Gasteiger partial charge in [0.25, 0.3) is 0 Å². The van der Waals surface area contributed by atoms with E-state index in [1.807, 2.05) is 0 Å². The summed E-state index contributed by atoms with van der Waals surface area (Å²) in [5.74, 6) is 0.951. The topological polar surface area (TPSA) is 0 Å². The molecule has 0 aromatic carbocycles. The fourth-order valence-electron chi connectivity index (χ4n) is 1.73. The van der Waals surface area contributed by atoms with E-state index in [-0.39, 0.29) is 0 Å². The fraction of sp³-hybridized carbons (Fsp3) is 0.800. The van der Waals surface area contributed by atoms with Crippen molar-refractivity contribution in [3.05, 3.63) is 11.6 Å². The highest BCUT2D eigenvalue weighted by molar-refractivity contribution is 5.05. The number of hydrogen-bond acceptors (Lipinski definition) is 0. The van der Waals surface area contributed by atoms with Crippen molar-refractivity contribution >= 4 is 0 Å². The summed E-state index contributed by atoms with van der Waals surface area (Å²) in [4.78, 5) is 0. The Hall–Kier alpha value is -0.260. The molecule has 0 fully saturated rings. The Labute approximate surface area is 64.3 Å². The van der Waals surface area contributed by atoms with Crippen LogP contribution in [0.2, 0.25) is 0 Å². The molecule has 1 atom stereocenters. The van der Waals surface area contributed by atoms with Gasteiger partial charge in [-0.2, -0.15) is 0 Å². The molecule has 0 saturated heterocycles. The second kappa shape index (κ2) is 3.80. The van der Waals surface area contributed by atoms with Gasteiger partial charge in [-0.25, -0.2) is 0 Å². The van der Waals surface area contributed by atoms with Crippen molar-refractivity contribution < 1.29 is 0 Å². The van der Waals surface area contributed by atoms with E-state index < -0.39 is 0 Å². The van der Waals surface area contributed by atoms with Gasteiger partial charge in [0, 0.05) is 0 Å². The molecule has 0 spiro atoms. The summed E-state index contributed by atoms with van der Waals surface area (Å²) in [7, 11) is 0. The summed E-state index contributed by atoms with van der Waals surface area (Å²) in [5.41, 5.74) is 1.71. The number of allylic oxidation sites excluding steroid dienone is 2. The van der Waals surface area contributed by atoms with Crippen molar-refractivity contribution in [2.75, 3.05) is 0 Å². The van der Waals surface area contributed by atoms with Crippen molar-refractivity contribution in [3.63, 3.8) is 0 Å². The highest BCUT2D eigenvalue weighted by Gasteiger charge is 2.09. The first-order valence-corrected chi connectivity index (χ1v) is 4.50. The Balaban J connectivity index is 2.36. The van der Waals surface area contributed by atoms with E-state index in [4.69, 9.17) is 0 Å². The van der Waals surface area contributed by atoms with Crippen LogP contribution in [-0.2, 0) is 0 Å². The van der Waals surface area contributed by atoms with Crippen LogP contribution in [0.3, 0.4) is 0 Å². The average Bonchev–Trinajstić information content (AvgIpc) is 1.88. The fourth-order valence-corrected chi connectivity index (χ4v) is 1.73. The molecule has 0 unspecified atom stereocenters. The normalized spacial score (nSPS) is 26.2. The van der Waals surface area contributed by atoms with E-state index in [1.54, 1.807) is 5.57 Å². The number of rotatable bonds is 2. The smallest absolute Gasteiger partial charge is 0.0294 e. The first kappa shape index (κ1) is 7.84. The Morgan fingerprint density at radius 2 is 2.40 bits per heavy atom. The summed E-state index contributed by atoms with van der Waals surface area (Å²) in [6, 6.07) is 0. The van der Waals surface area contributed by atoms with E-state index in [9.17, 15) is 0 Å². The molecule has 0 aromatic rings. The molecule has 1 rings (SSSR count). The van der Waals surface area contributed by atoms with Crippen molar-refractivity contribution in [2.45, 2.75) is 46.0 Å². The van der Waals surface area contributed by atoms with Crippen LogP contribution in [0.25, 0.3) is 0 Å². The van der Waals surface area contributed by atoms with Gasteiger partial charge in [-0.3, -0.25) is 0 Å². The summed E-state index contributed by atoms with van der Waals surface area (Å²) < 4.78 is 0. The van der Waals surface area contributed by atoms with E-state index in [1.165, 1.54) is 32.1 Å². The van der Waals surface area contributed by atoms with Gasteiger partial charge in [0.1, 0.15) is 0 Å². The van der Waals surface area contributed by atoms with Gasteiger partial charge >= 0.3 is 0 Å². The lowest BCUT2D eigenvalue weighted by Gasteiger charge is -2.18. The molecule has 0 amide bonds. The minimum atomic E-state index is 0.951. The molecule has 0 N–H and O–H groups in total. The second-order valence-electron chi connectivity index (χ2n) is 3.50. The van der Waals surface area contributed by atoms with E-state index in [2.05, 4.69) is 19.9 Å². The summed E-state index contributed by atoms with van der Waals surface area (Å²) in [5, 5.41) is 0. The lowest BCUT2D eigenvalue weighted by molar-refractivity contribution is 0.498. The van der Waals surface area contributed by atoms with Gasteiger partial charge in [-0.1, -0.05) is 31.9 Å². The molecule has 0 aromatic heterocycles. The molecule has 0 saturated carbocycles. The minimum absolute atomic E-state index is 0.951. The maximum absolute atomic E-state index is 2.45. The zero-order valence-electron chi connectivity index (χ0n) is 7.19. The van der Waals surface area contributed by atoms with Gasteiger partial charge in [0.2, 0.25) is 0 Å². The van der Waals surface area contributed by atoms with E-state index >= 15 is 0 Å². The van der Waals surface area contributed by atoms with Crippen LogP contribution < -0.4 is 0 Å². The molecule has 0 heterocycles. The summed E-state index contributed by atoms with van der Waals surface area (Å²) in [6.45, 7) is 4.63. The van der Waals surface area contributed by atoms with E-state index in [0.29, 0.717) is 0 Å². The molecule has 58 valence electrons. The first-order valence-electron chi connectivity index (χ1n) is 4.50. The maximum Gasteiger partial charge on any atom is -0.0294 e. The molecule has 0 radical (unpaired) electrons. The lowest BCUT2D eigenvalue weighted by Crippen LogP contribution is -2.01. The molecule has 0 aliphatic heterocycles. The van der Waals surface area contributed by atoms with Gasteiger partial charge in [-0.05, 0) is 31.6 Å². The predicted molar refractivity (Wildman–Crippen MR) is 46.0 cm³/mol. The molecular formula is C10H18. The monoisotopic (exact) mass is 138 g/mol. The minimum Gasteiger partial charge on any atom is -0.0853 e. The second-order valence-corrected chi connectivity index (χ2v) is 3.50. The molecule has 10 heavy (non-hydrogen) atoms. The van der Waals surface area contributed by atoms with Crippen molar-refractivity contribution in [3.8, 4) is 0 Å². The summed E-state index contributed by atoms with van der Waals surface area (Å²) in [6.07, 6.45) is 9.21. The SMILES string of the molecule is CCCC1=CCC[C@H](C)C1. The zero-order chi connectivity index (χ0) is 7.40. The highest BCUT2D eigenvalue weighted by Crippen LogP contribution is 2.25. The molecule has 1 aliphatic carbocycles. The molecule has 0 nitrogen and oxygen atoms in total. The highest BCUT2D eigenvalue weighted by atomic mass is 14.1. The summed E-state index contributed by atoms with van der Waals surface area (Å²) >= 11 is 0. The first-order chi connectivity index (χ1) is 4.83. The van der Waals surface area contributed by atoms with Crippen LogP contribution in [0.4, 0.5) is 0 Å². The molecule has 0 bridgehead atoms. The Bertz CT molecular complexity index is 122. The Morgan fingerprint density at radius 3 is 3.00 bits per heavy atom. The van der Waals surface area contributed by atoms with E-state index in [0.717, 1.165) is 5.92 Å². The third-order valence-electron chi connectivity index (χ3n) is 2.27. The van der Waals surface area contributed by atoms with Crippen molar-refractivity contribution in [1.29, 1.82) is 0 Å². The predicted octanol–water partition coefficient (Wildman–Crippen LogP) is 3.53. The van der Waals surface area contributed by atoms with Gasteiger partial charge in [-0.15, -0.1) is 0 Å². The standard InChI is InChI=1S/C10H18/c1-3-5-10-7-4-6-9(2)8-10/h7,9H,3-6,8H2,1-2H3/t9-/m0/s1. The van der Waals surface area contributed by atoms with Crippen LogP contribution in [0, 0.1) is 5.92 Å². The lowest BCUT2D eigenvalue weighted by atomic mass is 9.88. The third-order valence-corrected chi connectivity index (χ3v) is 2.27.